The summed E-state index contributed by atoms with van der Waals surface area (Å²) in [6, 6.07) is 11.4. The third-order valence-corrected chi connectivity index (χ3v) is 4.29. The number of nitrogens with zero attached hydrogens (tertiary/aromatic N) is 2. The smallest absolute Gasteiger partial charge is 0.322 e. The summed E-state index contributed by atoms with van der Waals surface area (Å²) in [7, 11) is 0. The van der Waals surface area contributed by atoms with Gasteiger partial charge >= 0.3 is 6.03 Å². The van der Waals surface area contributed by atoms with Crippen molar-refractivity contribution in [2.24, 2.45) is 5.92 Å². The van der Waals surface area contributed by atoms with Crippen molar-refractivity contribution in [3.8, 4) is 0 Å². The molecular formula is C17H20ClN3O. The Hall–Kier alpha value is -1.94. The van der Waals surface area contributed by atoms with Crippen LogP contribution in [0.5, 0.6) is 0 Å². The average molecular weight is 318 g/mol. The van der Waals surface area contributed by atoms with E-state index < -0.39 is 0 Å². The summed E-state index contributed by atoms with van der Waals surface area (Å²) < 4.78 is 2.23. The lowest BCUT2D eigenvalue weighted by Crippen LogP contribution is -2.45. The largest absolute Gasteiger partial charge is 0.348 e. The fourth-order valence-electron chi connectivity index (χ4n) is 3.10. The van der Waals surface area contributed by atoms with E-state index in [4.69, 9.17) is 11.6 Å². The summed E-state index contributed by atoms with van der Waals surface area (Å²) >= 11 is 5.98. The number of benzene rings is 1. The number of carbonyl (C=O) groups is 1. The maximum Gasteiger partial charge on any atom is 0.322 e. The summed E-state index contributed by atoms with van der Waals surface area (Å²) in [6.07, 6.45) is 2.08. The number of urea groups is 1. The molecule has 1 aromatic heterocycles. The normalized spacial score (nSPS) is 17.5. The Morgan fingerprint density at radius 3 is 2.82 bits per heavy atom. The predicted molar refractivity (Wildman–Crippen MR) is 89.2 cm³/mol. The highest BCUT2D eigenvalue weighted by Crippen LogP contribution is 2.32. The van der Waals surface area contributed by atoms with Crippen LogP contribution in [0.3, 0.4) is 0 Å². The Morgan fingerprint density at radius 2 is 2.09 bits per heavy atom. The van der Waals surface area contributed by atoms with Crippen LogP contribution in [0.1, 0.15) is 25.6 Å². The van der Waals surface area contributed by atoms with Gasteiger partial charge in [-0.15, -0.1) is 0 Å². The second kappa shape index (κ2) is 6.05. The first-order valence-corrected chi connectivity index (χ1v) is 7.92. The molecule has 0 saturated carbocycles. The molecule has 0 saturated heterocycles. The summed E-state index contributed by atoms with van der Waals surface area (Å²) in [5, 5.41) is 3.57. The van der Waals surface area contributed by atoms with Gasteiger partial charge in [0.05, 0.1) is 6.04 Å². The molecular weight excluding hydrogens is 298 g/mol. The Bertz CT molecular complexity index is 680. The van der Waals surface area contributed by atoms with E-state index in [2.05, 4.69) is 36.0 Å². The lowest BCUT2D eigenvalue weighted by molar-refractivity contribution is 0.144. The molecule has 0 spiro atoms. The molecule has 1 N–H and O–H groups in total. The van der Waals surface area contributed by atoms with Crippen LogP contribution in [0.4, 0.5) is 10.5 Å². The van der Waals surface area contributed by atoms with Crippen molar-refractivity contribution in [2.75, 3.05) is 11.9 Å². The monoisotopic (exact) mass is 317 g/mol. The molecule has 4 nitrogen and oxygen atoms in total. The van der Waals surface area contributed by atoms with Gasteiger partial charge in [0.25, 0.3) is 0 Å². The first kappa shape index (κ1) is 15.0. The predicted octanol–water partition coefficient (Wildman–Crippen LogP) is 4.39. The van der Waals surface area contributed by atoms with Crippen molar-refractivity contribution in [2.45, 2.75) is 26.4 Å². The molecule has 0 unspecified atom stereocenters. The van der Waals surface area contributed by atoms with E-state index in [0.29, 0.717) is 17.5 Å². The van der Waals surface area contributed by atoms with E-state index in [1.54, 1.807) is 12.1 Å². The Balaban J connectivity index is 1.82. The molecule has 1 aliphatic rings. The van der Waals surface area contributed by atoms with Gasteiger partial charge in [-0.3, -0.25) is 0 Å². The molecule has 22 heavy (non-hydrogen) atoms. The first-order chi connectivity index (χ1) is 10.6. The highest BCUT2D eigenvalue weighted by molar-refractivity contribution is 6.30. The van der Waals surface area contributed by atoms with Crippen molar-refractivity contribution in [3.63, 3.8) is 0 Å². The Labute approximate surface area is 135 Å². The maximum atomic E-state index is 12.7. The molecule has 0 radical (unpaired) electrons. The molecule has 0 fully saturated rings. The van der Waals surface area contributed by atoms with E-state index in [-0.39, 0.29) is 12.1 Å². The minimum absolute atomic E-state index is 0.0755. The molecule has 3 rings (SSSR count). The lowest BCUT2D eigenvalue weighted by atomic mass is 9.97. The third-order valence-electron chi connectivity index (χ3n) is 4.05. The zero-order chi connectivity index (χ0) is 15.7. The first-order valence-electron chi connectivity index (χ1n) is 7.54. The summed E-state index contributed by atoms with van der Waals surface area (Å²) in [5.41, 5.74) is 1.92. The molecule has 116 valence electrons. The number of amides is 2. The molecule has 0 bridgehead atoms. The number of carbonyl (C=O) groups excluding carboxylic acids is 1. The maximum absolute atomic E-state index is 12.7. The van der Waals surface area contributed by atoms with Crippen molar-refractivity contribution in [1.29, 1.82) is 0 Å². The zero-order valence-corrected chi connectivity index (χ0v) is 13.5. The minimum atomic E-state index is -0.0755. The highest BCUT2D eigenvalue weighted by atomic mass is 35.5. The number of hydrogen-bond acceptors (Lipinski definition) is 1. The quantitative estimate of drug-likeness (QED) is 0.876. The van der Waals surface area contributed by atoms with Crippen LogP contribution in [0.25, 0.3) is 0 Å². The standard InChI is InChI=1S/C17H20ClN3O/c1-12(2)16-15-7-4-8-20(15)9-10-21(16)17(22)19-14-6-3-5-13(18)11-14/h3-8,11-12,16H,9-10H2,1-2H3,(H,19,22)/t16-/m1/s1. The number of rotatable bonds is 2. The van der Waals surface area contributed by atoms with E-state index in [9.17, 15) is 4.79 Å². The molecule has 2 aromatic rings. The molecule has 2 amide bonds. The van der Waals surface area contributed by atoms with Gasteiger partial charge in [-0.1, -0.05) is 31.5 Å². The van der Waals surface area contributed by atoms with Crippen LogP contribution in [0.15, 0.2) is 42.6 Å². The number of nitrogens with one attached hydrogen (secondary N) is 1. The molecule has 2 heterocycles. The van der Waals surface area contributed by atoms with Gasteiger partial charge < -0.3 is 14.8 Å². The van der Waals surface area contributed by atoms with E-state index in [1.165, 1.54) is 5.69 Å². The van der Waals surface area contributed by atoms with Gasteiger partial charge in [-0.2, -0.15) is 0 Å². The number of hydrogen-bond donors (Lipinski definition) is 1. The van der Waals surface area contributed by atoms with Crippen molar-refractivity contribution in [1.82, 2.24) is 9.47 Å². The summed E-state index contributed by atoms with van der Waals surface area (Å²) in [6.45, 7) is 5.82. The number of fused-ring (bicyclic) bond motifs is 1. The molecule has 5 heteroatoms. The molecule has 1 aliphatic heterocycles. The second-order valence-electron chi connectivity index (χ2n) is 5.95. The lowest BCUT2D eigenvalue weighted by Gasteiger charge is -2.39. The van der Waals surface area contributed by atoms with Crippen LogP contribution in [-0.2, 0) is 6.54 Å². The van der Waals surface area contributed by atoms with E-state index in [1.807, 2.05) is 23.1 Å². The topological polar surface area (TPSA) is 37.3 Å². The van der Waals surface area contributed by atoms with Gasteiger partial charge in [0.15, 0.2) is 0 Å². The minimum Gasteiger partial charge on any atom is -0.348 e. The van der Waals surface area contributed by atoms with Gasteiger partial charge in [-0.05, 0) is 36.2 Å². The van der Waals surface area contributed by atoms with E-state index in [0.717, 1.165) is 12.2 Å². The van der Waals surface area contributed by atoms with Crippen LogP contribution in [-0.4, -0.2) is 22.0 Å². The molecule has 1 aromatic carbocycles. The van der Waals surface area contributed by atoms with Crippen LogP contribution in [0, 0.1) is 5.92 Å². The molecule has 1 atom stereocenters. The van der Waals surface area contributed by atoms with Gasteiger partial charge in [0.1, 0.15) is 0 Å². The summed E-state index contributed by atoms with van der Waals surface area (Å²) in [4.78, 5) is 14.6. The van der Waals surface area contributed by atoms with Crippen molar-refractivity contribution < 1.29 is 4.79 Å². The van der Waals surface area contributed by atoms with Crippen molar-refractivity contribution >= 4 is 23.3 Å². The third kappa shape index (κ3) is 2.83. The number of anilines is 1. The Morgan fingerprint density at radius 1 is 1.27 bits per heavy atom. The SMILES string of the molecule is CC(C)[C@@H]1c2cccn2CCN1C(=O)Nc1cccc(Cl)c1. The number of halogens is 1. The Kier molecular flexibility index (Phi) is 4.12. The number of aromatic nitrogens is 1. The highest BCUT2D eigenvalue weighted by Gasteiger charge is 2.32. The van der Waals surface area contributed by atoms with Gasteiger partial charge in [0.2, 0.25) is 0 Å². The fourth-order valence-corrected chi connectivity index (χ4v) is 3.29. The van der Waals surface area contributed by atoms with E-state index >= 15 is 0 Å². The van der Waals surface area contributed by atoms with Crippen LogP contribution in [0.2, 0.25) is 5.02 Å². The van der Waals surface area contributed by atoms with Crippen LogP contribution >= 0.6 is 11.6 Å². The summed E-state index contributed by atoms with van der Waals surface area (Å²) in [5.74, 6) is 0.346. The zero-order valence-electron chi connectivity index (χ0n) is 12.8. The second-order valence-corrected chi connectivity index (χ2v) is 6.39. The fraction of sp³-hybridized carbons (Fsp3) is 0.353. The molecule has 0 aliphatic carbocycles. The average Bonchev–Trinajstić information content (AvgIpc) is 2.94. The van der Waals surface area contributed by atoms with Gasteiger partial charge in [-0.25, -0.2) is 4.79 Å². The van der Waals surface area contributed by atoms with Crippen molar-refractivity contribution in [3.05, 3.63) is 53.3 Å². The van der Waals surface area contributed by atoms with Crippen LogP contribution < -0.4 is 5.32 Å². The van der Waals surface area contributed by atoms with Gasteiger partial charge in [0, 0.05) is 35.7 Å².